The van der Waals surface area contributed by atoms with Crippen LogP contribution in [0.5, 0.6) is 0 Å². The van der Waals surface area contributed by atoms with Gasteiger partial charge in [-0.3, -0.25) is 4.90 Å². The highest BCUT2D eigenvalue weighted by Gasteiger charge is 2.42. The summed E-state index contributed by atoms with van der Waals surface area (Å²) in [6, 6.07) is 0. The molecule has 0 N–H and O–H groups in total. The van der Waals surface area contributed by atoms with E-state index in [2.05, 4.69) is 11.8 Å². The zero-order valence-corrected chi connectivity index (χ0v) is 8.31. The molecule has 0 amide bonds. The number of unbranched alkanes of at least 4 members (excludes halogenated alkanes) is 1. The third-order valence-corrected chi connectivity index (χ3v) is 3.81. The summed E-state index contributed by atoms with van der Waals surface area (Å²) in [7, 11) is 0. The molecule has 2 aliphatic rings. The number of nitrogens with zero attached hydrogens (tertiary/aromatic N) is 1. The molecule has 0 radical (unpaired) electrons. The van der Waals surface area contributed by atoms with Crippen molar-refractivity contribution in [2.45, 2.75) is 57.4 Å². The molecule has 2 fully saturated rings. The molecule has 2 saturated heterocycles. The minimum absolute atomic E-state index is 0.690. The van der Waals surface area contributed by atoms with E-state index < -0.39 is 0 Å². The van der Waals surface area contributed by atoms with E-state index in [1.807, 2.05) is 0 Å². The van der Waals surface area contributed by atoms with Crippen molar-refractivity contribution in [1.29, 1.82) is 0 Å². The lowest BCUT2D eigenvalue weighted by Crippen LogP contribution is -2.37. The molecule has 0 saturated carbocycles. The summed E-state index contributed by atoms with van der Waals surface area (Å²) in [6.45, 7) is 5.10. The Morgan fingerprint density at radius 2 is 1.83 bits per heavy atom. The van der Waals surface area contributed by atoms with Gasteiger partial charge >= 0.3 is 0 Å². The summed E-state index contributed by atoms with van der Waals surface area (Å²) in [4.78, 5) is 2.77. The molecule has 0 bridgehead atoms. The van der Waals surface area contributed by atoms with Gasteiger partial charge in [-0.1, -0.05) is 19.8 Å². The Hall–Kier alpha value is -0.0400. The quantitative estimate of drug-likeness (QED) is 0.624. The summed E-state index contributed by atoms with van der Waals surface area (Å²) in [5.74, 6) is 0. The maximum absolute atomic E-state index is 2.77. The molecule has 2 heterocycles. The molecule has 2 rings (SSSR count). The van der Waals surface area contributed by atoms with Crippen molar-refractivity contribution in [2.24, 2.45) is 0 Å². The van der Waals surface area contributed by atoms with E-state index in [1.165, 1.54) is 58.0 Å². The molecule has 0 aromatic rings. The van der Waals surface area contributed by atoms with Crippen LogP contribution < -0.4 is 0 Å². The normalized spacial score (nSPS) is 27.8. The molecule has 0 unspecified atom stereocenters. The lowest BCUT2D eigenvalue weighted by molar-refractivity contribution is 0.178. The molecule has 0 spiro atoms. The minimum atomic E-state index is 0.690. The molecule has 70 valence electrons. The average Bonchev–Trinajstić information content (AvgIpc) is 2.58. The molecule has 1 heteroatoms. The third-order valence-electron chi connectivity index (χ3n) is 3.81. The Morgan fingerprint density at radius 3 is 2.42 bits per heavy atom. The third kappa shape index (κ3) is 1.28. The van der Waals surface area contributed by atoms with E-state index in [0.717, 1.165) is 0 Å². The van der Waals surface area contributed by atoms with Crippen molar-refractivity contribution in [3.05, 3.63) is 0 Å². The number of fused-ring (bicyclic) bond motifs is 1. The largest absolute Gasteiger partial charge is 0.298 e. The van der Waals surface area contributed by atoms with Crippen LogP contribution in [0.1, 0.15) is 51.9 Å². The van der Waals surface area contributed by atoms with Crippen molar-refractivity contribution in [1.82, 2.24) is 4.90 Å². The zero-order valence-electron chi connectivity index (χ0n) is 8.31. The second kappa shape index (κ2) is 3.37. The van der Waals surface area contributed by atoms with Gasteiger partial charge in [0.05, 0.1) is 0 Å². The molecule has 0 aromatic carbocycles. The summed E-state index contributed by atoms with van der Waals surface area (Å²) in [6.07, 6.45) is 10.2. The first-order valence-electron chi connectivity index (χ1n) is 5.62. The Morgan fingerprint density at radius 1 is 1.17 bits per heavy atom. The number of hydrogen-bond acceptors (Lipinski definition) is 1. The van der Waals surface area contributed by atoms with Crippen LogP contribution in [0, 0.1) is 0 Å². The maximum atomic E-state index is 2.77. The second-order valence-corrected chi connectivity index (χ2v) is 4.52. The van der Waals surface area contributed by atoms with Gasteiger partial charge in [-0.15, -0.1) is 0 Å². The number of hydrogen-bond donors (Lipinski definition) is 0. The van der Waals surface area contributed by atoms with E-state index in [4.69, 9.17) is 0 Å². The number of rotatable bonds is 3. The Bertz CT molecular complexity index is 143. The van der Waals surface area contributed by atoms with E-state index >= 15 is 0 Å². The van der Waals surface area contributed by atoms with Crippen LogP contribution in [0.15, 0.2) is 0 Å². The van der Waals surface area contributed by atoms with Gasteiger partial charge in [0.2, 0.25) is 0 Å². The molecule has 12 heavy (non-hydrogen) atoms. The fourth-order valence-corrected chi connectivity index (χ4v) is 3.14. The highest BCUT2D eigenvalue weighted by Crippen LogP contribution is 2.42. The van der Waals surface area contributed by atoms with Crippen LogP contribution in [0.4, 0.5) is 0 Å². The predicted molar refractivity (Wildman–Crippen MR) is 52.3 cm³/mol. The van der Waals surface area contributed by atoms with Crippen LogP contribution in [0.25, 0.3) is 0 Å². The average molecular weight is 167 g/mol. The first-order valence-corrected chi connectivity index (χ1v) is 5.62. The first-order chi connectivity index (χ1) is 5.87. The van der Waals surface area contributed by atoms with Gasteiger partial charge in [0.25, 0.3) is 0 Å². The fourth-order valence-electron chi connectivity index (χ4n) is 3.14. The first kappa shape index (κ1) is 8.55. The smallest absolute Gasteiger partial charge is 0.0210 e. The molecule has 0 atom stereocenters. The molecule has 0 aromatic heterocycles. The fraction of sp³-hybridized carbons (Fsp3) is 1.00. The highest BCUT2D eigenvalue weighted by atomic mass is 15.2. The zero-order chi connectivity index (χ0) is 8.44. The lowest BCUT2D eigenvalue weighted by Gasteiger charge is -2.32. The molecule has 0 aliphatic carbocycles. The van der Waals surface area contributed by atoms with Crippen molar-refractivity contribution >= 4 is 0 Å². The van der Waals surface area contributed by atoms with Gasteiger partial charge in [0, 0.05) is 5.54 Å². The predicted octanol–water partition coefficient (Wildman–Crippen LogP) is 2.81. The van der Waals surface area contributed by atoms with Gasteiger partial charge in [0.1, 0.15) is 0 Å². The Kier molecular flexibility index (Phi) is 2.40. The summed E-state index contributed by atoms with van der Waals surface area (Å²) in [5, 5.41) is 0. The molecular weight excluding hydrogens is 146 g/mol. The van der Waals surface area contributed by atoms with Crippen LogP contribution in [0.2, 0.25) is 0 Å². The van der Waals surface area contributed by atoms with Crippen molar-refractivity contribution in [3.8, 4) is 0 Å². The Balaban J connectivity index is 1.97. The Labute approximate surface area is 76.1 Å². The van der Waals surface area contributed by atoms with Crippen molar-refractivity contribution < 1.29 is 0 Å². The van der Waals surface area contributed by atoms with Crippen molar-refractivity contribution in [3.63, 3.8) is 0 Å². The van der Waals surface area contributed by atoms with E-state index in [1.54, 1.807) is 0 Å². The topological polar surface area (TPSA) is 3.24 Å². The second-order valence-electron chi connectivity index (χ2n) is 4.52. The lowest BCUT2D eigenvalue weighted by atomic mass is 9.88. The van der Waals surface area contributed by atoms with Crippen LogP contribution in [-0.4, -0.2) is 23.5 Å². The standard InChI is InChI=1S/C11H21N/c1-2-3-6-11-7-4-9-12(11)10-5-8-11/h2-10H2,1H3. The van der Waals surface area contributed by atoms with E-state index in [-0.39, 0.29) is 0 Å². The van der Waals surface area contributed by atoms with E-state index in [0.29, 0.717) is 5.54 Å². The van der Waals surface area contributed by atoms with Crippen molar-refractivity contribution in [2.75, 3.05) is 13.1 Å². The summed E-state index contributed by atoms with van der Waals surface area (Å²) >= 11 is 0. The van der Waals surface area contributed by atoms with Gasteiger partial charge in [-0.25, -0.2) is 0 Å². The SMILES string of the molecule is CCCCC12CCCN1CCC2. The molecule has 1 nitrogen and oxygen atoms in total. The highest BCUT2D eigenvalue weighted by molar-refractivity contribution is 4.99. The molecule has 2 aliphatic heterocycles. The summed E-state index contributed by atoms with van der Waals surface area (Å²) < 4.78 is 0. The van der Waals surface area contributed by atoms with Crippen LogP contribution in [0.3, 0.4) is 0 Å². The van der Waals surface area contributed by atoms with Gasteiger partial charge in [-0.2, -0.15) is 0 Å². The maximum Gasteiger partial charge on any atom is 0.0210 e. The van der Waals surface area contributed by atoms with Crippen LogP contribution in [-0.2, 0) is 0 Å². The van der Waals surface area contributed by atoms with E-state index in [9.17, 15) is 0 Å². The monoisotopic (exact) mass is 167 g/mol. The van der Waals surface area contributed by atoms with Gasteiger partial charge < -0.3 is 0 Å². The van der Waals surface area contributed by atoms with Gasteiger partial charge in [0.15, 0.2) is 0 Å². The van der Waals surface area contributed by atoms with Gasteiger partial charge in [-0.05, 0) is 45.2 Å². The molecular formula is C11H21N. The minimum Gasteiger partial charge on any atom is -0.298 e. The summed E-state index contributed by atoms with van der Waals surface area (Å²) in [5.41, 5.74) is 0.690. The van der Waals surface area contributed by atoms with Crippen LogP contribution >= 0.6 is 0 Å².